The van der Waals surface area contributed by atoms with Crippen molar-refractivity contribution in [3.05, 3.63) is 0 Å². The van der Waals surface area contributed by atoms with E-state index in [0.29, 0.717) is 0 Å². The molecule has 0 aliphatic carbocycles. The summed E-state index contributed by atoms with van der Waals surface area (Å²) >= 11 is 0. The van der Waals surface area contributed by atoms with Gasteiger partial charge in [-0.05, 0) is 13.1 Å². The Morgan fingerprint density at radius 1 is 0.857 bits per heavy atom. The van der Waals surface area contributed by atoms with Crippen LogP contribution in [-0.2, 0) is 0 Å². The Bertz CT molecular complexity index is 79.3. The highest BCUT2D eigenvalue weighted by atomic mass is 15.3. The minimum absolute atomic E-state index is 0. The lowest BCUT2D eigenvalue weighted by Gasteiger charge is -2.20. The van der Waals surface area contributed by atoms with Gasteiger partial charge in [-0.1, -0.05) is 36.1 Å². The monoisotopic (exact) mass is 209 g/mol. The summed E-state index contributed by atoms with van der Waals surface area (Å²) in [6, 6.07) is 0. The van der Waals surface area contributed by atoms with Crippen LogP contribution in [0.15, 0.2) is 0 Å². The Labute approximate surface area is 90.0 Å². The number of rotatable bonds is 6. The molecule has 0 saturated carbocycles. The van der Waals surface area contributed by atoms with Crippen molar-refractivity contribution in [1.82, 2.24) is 16.0 Å². The van der Waals surface area contributed by atoms with Gasteiger partial charge in [0.05, 0.1) is 0 Å². The van der Waals surface area contributed by atoms with Crippen LogP contribution in [0, 0.1) is 0 Å². The van der Waals surface area contributed by atoms with Gasteiger partial charge >= 0.3 is 0 Å². The van der Waals surface area contributed by atoms with Crippen LogP contribution in [0.5, 0.6) is 0 Å². The maximum atomic E-state index is 5.57. The molecule has 92 valence electrons. The first-order valence-electron chi connectivity index (χ1n) is 3.94. The van der Waals surface area contributed by atoms with Crippen LogP contribution < -0.4 is 27.4 Å². The van der Waals surface area contributed by atoms with Crippen molar-refractivity contribution >= 4 is 0 Å². The van der Waals surface area contributed by atoms with E-state index in [1.54, 1.807) is 0 Å². The van der Waals surface area contributed by atoms with Gasteiger partial charge in [0.1, 0.15) is 12.6 Å². The maximum Gasteiger partial charge on any atom is 0.111 e. The molecule has 14 heavy (non-hydrogen) atoms. The molecule has 5 nitrogen and oxygen atoms in total. The van der Waals surface area contributed by atoms with Crippen LogP contribution in [0.1, 0.15) is 36.1 Å². The lowest BCUT2D eigenvalue weighted by molar-refractivity contribution is 0.350. The number of nitrogens with two attached hydrogens (primary N) is 2. The molecule has 0 fully saturated rings. The van der Waals surface area contributed by atoms with Crippen molar-refractivity contribution in [2.24, 2.45) is 11.5 Å². The van der Waals surface area contributed by atoms with E-state index in [2.05, 4.69) is 16.0 Å². The van der Waals surface area contributed by atoms with Gasteiger partial charge in [-0.3, -0.25) is 16.0 Å². The fraction of sp³-hybridized carbons (Fsp3) is 1.00. The molecular formula is C9H31N5. The molecule has 0 heterocycles. The van der Waals surface area contributed by atoms with Crippen LogP contribution >= 0.6 is 0 Å². The van der Waals surface area contributed by atoms with E-state index in [-0.39, 0.29) is 34.9 Å². The van der Waals surface area contributed by atoms with Crippen LogP contribution in [0.25, 0.3) is 0 Å². The van der Waals surface area contributed by atoms with E-state index < -0.39 is 0 Å². The molecule has 7 N–H and O–H groups in total. The molecule has 0 rings (SSSR count). The fourth-order valence-electron chi connectivity index (χ4n) is 0.751. The summed E-state index contributed by atoms with van der Waals surface area (Å²) in [6.45, 7) is 5.63. The molecule has 0 aromatic heterocycles. The van der Waals surface area contributed by atoms with Crippen molar-refractivity contribution < 1.29 is 0 Å². The van der Waals surface area contributed by atoms with Gasteiger partial charge in [-0.2, -0.15) is 0 Å². The van der Waals surface area contributed by atoms with E-state index >= 15 is 0 Å². The molecule has 2 atom stereocenters. The molecule has 0 saturated heterocycles. The highest BCUT2D eigenvalue weighted by Crippen LogP contribution is 1.67. The van der Waals surface area contributed by atoms with E-state index in [1.165, 1.54) is 0 Å². The molecule has 0 amide bonds. The third-order valence-electron chi connectivity index (χ3n) is 1.21. The first-order valence-corrected chi connectivity index (χ1v) is 3.94. The summed E-state index contributed by atoms with van der Waals surface area (Å²) in [5.74, 6) is 0. The molecule has 0 aromatic carbocycles. The van der Waals surface area contributed by atoms with Gasteiger partial charge in [0.25, 0.3) is 0 Å². The molecule has 0 bridgehead atoms. The third-order valence-corrected chi connectivity index (χ3v) is 1.21. The zero-order valence-electron chi connectivity index (χ0n) is 7.22. The predicted molar refractivity (Wildman–Crippen MR) is 66.6 cm³/mol. The van der Waals surface area contributed by atoms with Crippen LogP contribution in [0.4, 0.5) is 0 Å². The summed E-state index contributed by atoms with van der Waals surface area (Å²) in [5.41, 5.74) is 11.1. The molecule has 2 unspecified atom stereocenters. The molecule has 0 aromatic rings. The standard InChI is InChI=1S/C6H19N5.3CH4/c1-3-9-5(7)11-6(8)10-4-2;;;/h5-6,9-11H,3-4,7-8H2,1-2H3;3*1H4. The Morgan fingerprint density at radius 3 is 1.36 bits per heavy atom. The molecule has 0 radical (unpaired) electrons. The second kappa shape index (κ2) is 15.3. The van der Waals surface area contributed by atoms with E-state index in [0.717, 1.165) is 13.1 Å². The molecule has 0 spiro atoms. The first kappa shape index (κ1) is 23.5. The summed E-state index contributed by atoms with van der Waals surface area (Å²) in [5, 5.41) is 8.88. The molecule has 0 aliphatic heterocycles. The second-order valence-electron chi connectivity index (χ2n) is 2.24. The topological polar surface area (TPSA) is 88.1 Å². The zero-order valence-corrected chi connectivity index (χ0v) is 7.22. The summed E-state index contributed by atoms with van der Waals surface area (Å²) in [4.78, 5) is 0. The summed E-state index contributed by atoms with van der Waals surface area (Å²) in [7, 11) is 0. The fourth-order valence-corrected chi connectivity index (χ4v) is 0.751. The quantitative estimate of drug-likeness (QED) is 0.403. The van der Waals surface area contributed by atoms with E-state index in [4.69, 9.17) is 11.5 Å². The Balaban J connectivity index is -0.000000167. The maximum absolute atomic E-state index is 5.57. The largest absolute Gasteiger partial charge is 0.304 e. The molecular weight excluding hydrogens is 178 g/mol. The van der Waals surface area contributed by atoms with Crippen molar-refractivity contribution in [3.63, 3.8) is 0 Å². The average Bonchev–Trinajstić information content (AvgIpc) is 1.87. The highest BCUT2D eigenvalue weighted by molar-refractivity contribution is 4.59. The smallest absolute Gasteiger partial charge is 0.111 e. The second-order valence-corrected chi connectivity index (χ2v) is 2.24. The predicted octanol–water partition coefficient (Wildman–Crippen LogP) is 0.188. The van der Waals surface area contributed by atoms with Crippen molar-refractivity contribution in [3.8, 4) is 0 Å². The van der Waals surface area contributed by atoms with Crippen molar-refractivity contribution in [2.45, 2.75) is 48.7 Å². The van der Waals surface area contributed by atoms with Gasteiger partial charge in [-0.25, -0.2) is 0 Å². The number of hydrogen-bond acceptors (Lipinski definition) is 5. The Kier molecular flexibility index (Phi) is 25.7. The van der Waals surface area contributed by atoms with Gasteiger partial charge in [-0.15, -0.1) is 0 Å². The first-order chi connectivity index (χ1) is 5.20. The SMILES string of the molecule is C.C.C.CCNC(N)NC(N)NCC. The minimum Gasteiger partial charge on any atom is -0.304 e. The molecule has 5 heteroatoms. The Morgan fingerprint density at radius 2 is 1.14 bits per heavy atom. The van der Waals surface area contributed by atoms with Crippen molar-refractivity contribution in [1.29, 1.82) is 0 Å². The summed E-state index contributed by atoms with van der Waals surface area (Å²) in [6.07, 6.45) is -0.483. The zero-order chi connectivity index (χ0) is 8.69. The lowest BCUT2D eigenvalue weighted by atomic mass is 10.6. The minimum atomic E-state index is -0.242. The van der Waals surface area contributed by atoms with Crippen molar-refractivity contribution in [2.75, 3.05) is 13.1 Å². The highest BCUT2D eigenvalue weighted by Gasteiger charge is 2.03. The van der Waals surface area contributed by atoms with Gasteiger partial charge in [0.15, 0.2) is 0 Å². The van der Waals surface area contributed by atoms with Crippen LogP contribution in [0.2, 0.25) is 0 Å². The Hall–Kier alpha value is -0.200. The third kappa shape index (κ3) is 14.3. The summed E-state index contributed by atoms with van der Waals surface area (Å²) < 4.78 is 0. The van der Waals surface area contributed by atoms with Gasteiger partial charge < -0.3 is 11.5 Å². The van der Waals surface area contributed by atoms with Crippen LogP contribution in [-0.4, -0.2) is 25.7 Å². The van der Waals surface area contributed by atoms with Gasteiger partial charge in [0.2, 0.25) is 0 Å². The van der Waals surface area contributed by atoms with Crippen LogP contribution in [0.3, 0.4) is 0 Å². The van der Waals surface area contributed by atoms with Gasteiger partial charge in [0, 0.05) is 0 Å². The number of nitrogens with one attached hydrogen (secondary N) is 3. The normalized spacial score (nSPS) is 12.9. The average molecular weight is 209 g/mol. The number of hydrogen-bond donors (Lipinski definition) is 5. The molecule has 0 aliphatic rings. The van der Waals surface area contributed by atoms with E-state index in [1.807, 2.05) is 13.8 Å². The lowest BCUT2D eigenvalue weighted by Crippen LogP contribution is -2.60. The van der Waals surface area contributed by atoms with E-state index in [9.17, 15) is 0 Å².